The number of hydrogen-bond donors (Lipinski definition) is 1. The van der Waals surface area contributed by atoms with E-state index >= 15 is 0 Å². The summed E-state index contributed by atoms with van der Waals surface area (Å²) >= 11 is 1.45. The Balaban J connectivity index is 2.47. The van der Waals surface area contributed by atoms with E-state index in [1.165, 1.54) is 35.3 Å². The lowest BCUT2D eigenvalue weighted by atomic mass is 10.2. The summed E-state index contributed by atoms with van der Waals surface area (Å²) in [6.07, 6.45) is 0. The van der Waals surface area contributed by atoms with Crippen LogP contribution in [0, 0.1) is 5.82 Å². The maximum Gasteiger partial charge on any atom is 0.228 e. The van der Waals surface area contributed by atoms with Gasteiger partial charge in [-0.1, -0.05) is 0 Å². The molecule has 0 spiro atoms. The number of carbonyl (C=O) groups is 1. The van der Waals surface area contributed by atoms with Crippen molar-refractivity contribution in [3.63, 3.8) is 0 Å². The molecule has 0 fully saturated rings. The first-order valence-corrected chi connectivity index (χ1v) is 5.85. The number of phenolic OH excluding ortho intramolecular Hbond substituents is 1. The number of amides is 1. The maximum atomic E-state index is 13.3. The molecular weight excluding hydrogens is 241 g/mol. The van der Waals surface area contributed by atoms with Crippen LogP contribution in [0.2, 0.25) is 0 Å². The maximum absolute atomic E-state index is 13.3. The zero-order chi connectivity index (χ0) is 12.4. The highest BCUT2D eigenvalue weighted by Crippen LogP contribution is 2.30. The van der Waals surface area contributed by atoms with Gasteiger partial charge >= 0.3 is 0 Å². The molecule has 2 rings (SSSR count). The third kappa shape index (κ3) is 2.29. The number of nitrogens with zero attached hydrogens (tertiary/aromatic N) is 1. The summed E-state index contributed by atoms with van der Waals surface area (Å²) in [5.41, 5.74) is 1.08. The van der Waals surface area contributed by atoms with Gasteiger partial charge in [0.25, 0.3) is 0 Å². The number of halogens is 1. The summed E-state index contributed by atoms with van der Waals surface area (Å²) < 4.78 is 13.3. The van der Waals surface area contributed by atoms with Crippen molar-refractivity contribution in [3.8, 4) is 5.75 Å². The second kappa shape index (κ2) is 4.55. The zero-order valence-corrected chi connectivity index (χ0v) is 9.87. The smallest absolute Gasteiger partial charge is 0.228 e. The number of hydrogen-bond acceptors (Lipinski definition) is 3. The molecule has 0 aliphatic carbocycles. The van der Waals surface area contributed by atoms with Gasteiger partial charge in [-0.25, -0.2) is 4.39 Å². The van der Waals surface area contributed by atoms with Crippen LogP contribution in [0.5, 0.6) is 5.75 Å². The molecule has 0 atom stereocenters. The molecule has 0 unspecified atom stereocenters. The Morgan fingerprint density at radius 2 is 2.12 bits per heavy atom. The van der Waals surface area contributed by atoms with E-state index in [2.05, 4.69) is 0 Å². The van der Waals surface area contributed by atoms with Gasteiger partial charge in [-0.3, -0.25) is 9.69 Å². The number of thiophene rings is 1. The first kappa shape index (κ1) is 11.6. The third-order valence-corrected chi connectivity index (χ3v) is 2.94. The minimum Gasteiger partial charge on any atom is -0.505 e. The molecule has 1 N–H and O–H groups in total. The van der Waals surface area contributed by atoms with Gasteiger partial charge in [0.2, 0.25) is 5.91 Å². The van der Waals surface area contributed by atoms with E-state index in [-0.39, 0.29) is 5.91 Å². The normalized spacial score (nSPS) is 10.2. The van der Waals surface area contributed by atoms with Crippen LogP contribution in [0.4, 0.5) is 15.8 Å². The number of phenols is 1. The molecule has 0 saturated carbocycles. The van der Waals surface area contributed by atoms with Crippen molar-refractivity contribution in [3.05, 3.63) is 40.8 Å². The Morgan fingerprint density at radius 3 is 2.65 bits per heavy atom. The SMILES string of the molecule is CC(=O)N(c1ccsc1)c1ccc(O)c(F)c1. The van der Waals surface area contributed by atoms with Crippen LogP contribution in [-0.4, -0.2) is 11.0 Å². The van der Waals surface area contributed by atoms with Crippen LogP contribution in [0.3, 0.4) is 0 Å². The van der Waals surface area contributed by atoms with Gasteiger partial charge in [0.15, 0.2) is 11.6 Å². The largest absolute Gasteiger partial charge is 0.505 e. The molecule has 0 saturated heterocycles. The lowest BCUT2D eigenvalue weighted by Gasteiger charge is -2.19. The minimum atomic E-state index is -0.746. The van der Waals surface area contributed by atoms with E-state index in [9.17, 15) is 9.18 Å². The van der Waals surface area contributed by atoms with Crippen molar-refractivity contribution < 1.29 is 14.3 Å². The number of carbonyl (C=O) groups excluding carboxylic acids is 1. The Labute approximate surface area is 102 Å². The summed E-state index contributed by atoms with van der Waals surface area (Å²) in [5.74, 6) is -1.39. The molecule has 1 aromatic carbocycles. The predicted octanol–water partition coefficient (Wildman–Crippen LogP) is 3.28. The summed E-state index contributed by atoms with van der Waals surface area (Å²) in [5, 5.41) is 12.8. The Kier molecular flexibility index (Phi) is 3.10. The third-order valence-electron chi connectivity index (χ3n) is 2.27. The second-order valence-corrected chi connectivity index (χ2v) is 4.25. The quantitative estimate of drug-likeness (QED) is 0.889. The summed E-state index contributed by atoms with van der Waals surface area (Å²) in [6.45, 7) is 1.41. The van der Waals surface area contributed by atoms with E-state index < -0.39 is 11.6 Å². The fraction of sp³-hybridized carbons (Fsp3) is 0.0833. The molecule has 17 heavy (non-hydrogen) atoms. The lowest BCUT2D eigenvalue weighted by Crippen LogP contribution is -2.22. The van der Waals surface area contributed by atoms with Crippen LogP contribution >= 0.6 is 11.3 Å². The fourth-order valence-corrected chi connectivity index (χ4v) is 2.15. The minimum absolute atomic E-state index is 0.214. The van der Waals surface area contributed by atoms with E-state index in [4.69, 9.17) is 5.11 Å². The van der Waals surface area contributed by atoms with Gasteiger partial charge in [0.05, 0.1) is 11.4 Å². The van der Waals surface area contributed by atoms with Gasteiger partial charge < -0.3 is 5.11 Å². The van der Waals surface area contributed by atoms with Crippen LogP contribution in [-0.2, 0) is 4.79 Å². The van der Waals surface area contributed by atoms with Crippen LogP contribution < -0.4 is 4.90 Å². The average molecular weight is 251 g/mol. The Hall–Kier alpha value is -1.88. The molecular formula is C12H10FNO2S. The van der Waals surface area contributed by atoms with Gasteiger partial charge in [-0.2, -0.15) is 11.3 Å². The van der Waals surface area contributed by atoms with Crippen molar-refractivity contribution in [2.75, 3.05) is 4.90 Å². The van der Waals surface area contributed by atoms with Crippen molar-refractivity contribution in [1.29, 1.82) is 0 Å². The Morgan fingerprint density at radius 1 is 1.35 bits per heavy atom. The van der Waals surface area contributed by atoms with Crippen molar-refractivity contribution >= 4 is 28.6 Å². The summed E-state index contributed by atoms with van der Waals surface area (Å²) in [6, 6.07) is 5.63. The van der Waals surface area contributed by atoms with Crippen LogP contribution in [0.15, 0.2) is 35.0 Å². The topological polar surface area (TPSA) is 40.5 Å². The van der Waals surface area contributed by atoms with Gasteiger partial charge in [-0.15, -0.1) is 0 Å². The monoisotopic (exact) mass is 251 g/mol. The first-order valence-electron chi connectivity index (χ1n) is 4.91. The summed E-state index contributed by atoms with van der Waals surface area (Å²) in [4.78, 5) is 13.0. The molecule has 0 bridgehead atoms. The van der Waals surface area contributed by atoms with E-state index in [1.54, 1.807) is 11.4 Å². The molecule has 5 heteroatoms. The lowest BCUT2D eigenvalue weighted by molar-refractivity contribution is -0.115. The van der Waals surface area contributed by atoms with Crippen molar-refractivity contribution in [2.45, 2.75) is 6.92 Å². The second-order valence-electron chi connectivity index (χ2n) is 3.47. The molecule has 1 heterocycles. The van der Waals surface area contributed by atoms with Gasteiger partial charge in [0.1, 0.15) is 0 Å². The van der Waals surface area contributed by atoms with Crippen molar-refractivity contribution in [2.24, 2.45) is 0 Å². The van der Waals surface area contributed by atoms with Crippen molar-refractivity contribution in [1.82, 2.24) is 0 Å². The highest BCUT2D eigenvalue weighted by atomic mass is 32.1. The molecule has 1 amide bonds. The molecule has 88 valence electrons. The molecule has 0 radical (unpaired) electrons. The average Bonchev–Trinajstić information content (AvgIpc) is 2.76. The Bertz CT molecular complexity index is 539. The number of rotatable bonds is 2. The molecule has 2 aromatic rings. The highest BCUT2D eigenvalue weighted by Gasteiger charge is 2.15. The zero-order valence-electron chi connectivity index (χ0n) is 9.05. The number of anilines is 2. The molecule has 0 aliphatic heterocycles. The van der Waals surface area contributed by atoms with Gasteiger partial charge in [0, 0.05) is 18.4 Å². The first-order chi connectivity index (χ1) is 8.09. The molecule has 3 nitrogen and oxygen atoms in total. The number of benzene rings is 1. The van der Waals surface area contributed by atoms with E-state index in [1.807, 2.05) is 5.38 Å². The highest BCUT2D eigenvalue weighted by molar-refractivity contribution is 7.08. The summed E-state index contributed by atoms with van der Waals surface area (Å²) in [7, 11) is 0. The standard InChI is InChI=1S/C12H10FNO2S/c1-8(15)14(10-4-5-17-7-10)9-2-3-12(16)11(13)6-9/h2-7,16H,1H3. The van der Waals surface area contributed by atoms with Crippen LogP contribution in [0.25, 0.3) is 0 Å². The van der Waals surface area contributed by atoms with Crippen LogP contribution in [0.1, 0.15) is 6.92 Å². The number of aromatic hydroxyl groups is 1. The fourth-order valence-electron chi connectivity index (χ4n) is 1.53. The van der Waals surface area contributed by atoms with Gasteiger partial charge in [-0.05, 0) is 23.6 Å². The molecule has 1 aromatic heterocycles. The van der Waals surface area contributed by atoms with E-state index in [0.29, 0.717) is 11.4 Å². The van der Waals surface area contributed by atoms with E-state index in [0.717, 1.165) is 6.07 Å². The molecule has 0 aliphatic rings. The predicted molar refractivity (Wildman–Crippen MR) is 65.2 cm³/mol.